The molecule has 2 unspecified atom stereocenters. The monoisotopic (exact) mass is 460 g/mol. The van der Waals surface area contributed by atoms with Crippen LogP contribution in [0.5, 0.6) is 0 Å². The number of guanidine groups is 1. The smallest absolute Gasteiger partial charge is 0.191 e. The van der Waals surface area contributed by atoms with Crippen LogP contribution in [0.2, 0.25) is 0 Å². The van der Waals surface area contributed by atoms with E-state index in [0.717, 1.165) is 43.9 Å². The Labute approximate surface area is 167 Å². The van der Waals surface area contributed by atoms with Crippen LogP contribution in [0.1, 0.15) is 44.6 Å². The fourth-order valence-corrected chi connectivity index (χ4v) is 3.57. The fourth-order valence-electron chi connectivity index (χ4n) is 3.57. The third kappa shape index (κ3) is 5.29. The number of rotatable bonds is 4. The van der Waals surface area contributed by atoms with E-state index in [-0.39, 0.29) is 41.8 Å². The van der Waals surface area contributed by atoms with E-state index >= 15 is 0 Å². The van der Waals surface area contributed by atoms with Crippen LogP contribution in [0.4, 0.5) is 4.39 Å². The molecule has 1 heterocycles. The standard InChI is InChI=1S/C19H29FN4.HI/c1-13(2)24-10-8-14(9-11-24)22-19(21-3)23-18-12-16(18)15-6-4-5-7-17(15)20;/h4-7,13-14,16,18H,8-12H2,1-3H3,(H2,21,22,23);1H. The van der Waals surface area contributed by atoms with Gasteiger partial charge < -0.3 is 15.5 Å². The maximum absolute atomic E-state index is 13.9. The first-order valence-corrected chi connectivity index (χ1v) is 9.06. The predicted octanol–water partition coefficient (Wildman–Crippen LogP) is 3.34. The molecule has 2 atom stereocenters. The van der Waals surface area contributed by atoms with Crippen molar-refractivity contribution in [2.45, 2.75) is 57.2 Å². The Bertz CT molecular complexity index is 585. The van der Waals surface area contributed by atoms with Crippen molar-refractivity contribution in [3.8, 4) is 0 Å². The summed E-state index contributed by atoms with van der Waals surface area (Å²) >= 11 is 0. The Morgan fingerprint density at radius 2 is 1.88 bits per heavy atom. The van der Waals surface area contributed by atoms with Crippen LogP contribution < -0.4 is 10.6 Å². The van der Waals surface area contributed by atoms with Crippen molar-refractivity contribution in [3.63, 3.8) is 0 Å². The first-order chi connectivity index (χ1) is 11.6. The third-order valence-corrected chi connectivity index (χ3v) is 5.24. The van der Waals surface area contributed by atoms with Crippen molar-refractivity contribution in [1.82, 2.24) is 15.5 Å². The molecular weight excluding hydrogens is 430 g/mol. The minimum Gasteiger partial charge on any atom is -0.354 e. The summed E-state index contributed by atoms with van der Waals surface area (Å²) in [7, 11) is 1.80. The second-order valence-corrected chi connectivity index (χ2v) is 7.24. The van der Waals surface area contributed by atoms with Crippen LogP contribution in [0.3, 0.4) is 0 Å². The molecule has 3 rings (SSSR count). The maximum atomic E-state index is 13.9. The zero-order valence-corrected chi connectivity index (χ0v) is 17.7. The largest absolute Gasteiger partial charge is 0.354 e. The quantitative estimate of drug-likeness (QED) is 0.412. The van der Waals surface area contributed by atoms with Gasteiger partial charge in [-0.2, -0.15) is 0 Å². The number of hydrogen-bond donors (Lipinski definition) is 2. The fraction of sp³-hybridized carbons (Fsp3) is 0.632. The lowest BCUT2D eigenvalue weighted by Crippen LogP contribution is -2.50. The molecule has 2 fully saturated rings. The number of benzene rings is 1. The SMILES string of the molecule is CN=C(NC1CCN(C(C)C)CC1)NC1CC1c1ccccc1F.I. The Kier molecular flexibility index (Phi) is 7.49. The highest BCUT2D eigenvalue weighted by Crippen LogP contribution is 2.41. The molecule has 0 amide bonds. The summed E-state index contributed by atoms with van der Waals surface area (Å²) < 4.78 is 13.9. The second-order valence-electron chi connectivity index (χ2n) is 7.24. The highest BCUT2D eigenvalue weighted by molar-refractivity contribution is 14.0. The molecule has 1 aromatic carbocycles. The third-order valence-electron chi connectivity index (χ3n) is 5.24. The summed E-state index contributed by atoms with van der Waals surface area (Å²) in [5.41, 5.74) is 0.815. The van der Waals surface area contributed by atoms with Crippen molar-refractivity contribution in [1.29, 1.82) is 0 Å². The van der Waals surface area contributed by atoms with Gasteiger partial charge >= 0.3 is 0 Å². The second kappa shape index (κ2) is 9.16. The summed E-state index contributed by atoms with van der Waals surface area (Å²) in [6.45, 7) is 6.77. The lowest BCUT2D eigenvalue weighted by atomic mass is 10.0. The number of hydrogen-bond acceptors (Lipinski definition) is 2. The molecule has 2 aliphatic rings. The average molecular weight is 460 g/mol. The van der Waals surface area contributed by atoms with E-state index < -0.39 is 0 Å². The van der Waals surface area contributed by atoms with Crippen LogP contribution in [-0.4, -0.2) is 49.1 Å². The lowest BCUT2D eigenvalue weighted by Gasteiger charge is -2.35. The molecule has 0 radical (unpaired) electrons. The van der Waals surface area contributed by atoms with E-state index in [0.29, 0.717) is 12.1 Å². The van der Waals surface area contributed by atoms with Crippen molar-refractivity contribution in [3.05, 3.63) is 35.6 Å². The molecule has 0 bridgehead atoms. The summed E-state index contributed by atoms with van der Waals surface area (Å²) in [6.07, 6.45) is 3.24. The Balaban J connectivity index is 0.00000225. The number of nitrogens with one attached hydrogen (secondary N) is 2. The summed E-state index contributed by atoms with van der Waals surface area (Å²) in [4.78, 5) is 6.87. The van der Waals surface area contributed by atoms with Gasteiger partial charge in [-0.3, -0.25) is 4.99 Å². The van der Waals surface area contributed by atoms with Gasteiger partial charge in [0.15, 0.2) is 5.96 Å². The van der Waals surface area contributed by atoms with Crippen molar-refractivity contribution >= 4 is 29.9 Å². The minimum atomic E-state index is -0.101. The zero-order chi connectivity index (χ0) is 17.1. The molecule has 1 aromatic rings. The van der Waals surface area contributed by atoms with E-state index in [1.165, 1.54) is 0 Å². The Morgan fingerprint density at radius 3 is 2.48 bits per heavy atom. The molecule has 1 aliphatic heterocycles. The Hall–Kier alpha value is -0.890. The van der Waals surface area contributed by atoms with E-state index in [2.05, 4.69) is 34.4 Å². The van der Waals surface area contributed by atoms with E-state index in [1.807, 2.05) is 12.1 Å². The number of halogens is 2. The van der Waals surface area contributed by atoms with Crippen LogP contribution >= 0.6 is 24.0 Å². The van der Waals surface area contributed by atoms with Crippen LogP contribution in [0.15, 0.2) is 29.3 Å². The normalized spacial score (nSPS) is 24.8. The molecule has 0 spiro atoms. The Morgan fingerprint density at radius 1 is 1.20 bits per heavy atom. The topological polar surface area (TPSA) is 39.7 Å². The van der Waals surface area contributed by atoms with Crippen molar-refractivity contribution in [2.75, 3.05) is 20.1 Å². The molecule has 2 N–H and O–H groups in total. The van der Waals surface area contributed by atoms with Gasteiger partial charge in [0.25, 0.3) is 0 Å². The number of nitrogens with zero attached hydrogens (tertiary/aromatic N) is 2. The molecule has 4 nitrogen and oxygen atoms in total. The predicted molar refractivity (Wildman–Crippen MR) is 112 cm³/mol. The molecule has 1 saturated heterocycles. The molecule has 1 saturated carbocycles. The van der Waals surface area contributed by atoms with E-state index in [9.17, 15) is 4.39 Å². The molecule has 25 heavy (non-hydrogen) atoms. The maximum Gasteiger partial charge on any atom is 0.191 e. The van der Waals surface area contributed by atoms with Crippen molar-refractivity contribution < 1.29 is 4.39 Å². The summed E-state index contributed by atoms with van der Waals surface area (Å²) in [6, 6.07) is 8.45. The number of likely N-dealkylation sites (tertiary alicyclic amines) is 1. The molecule has 6 heteroatoms. The number of piperidine rings is 1. The van der Waals surface area contributed by atoms with Crippen LogP contribution in [0.25, 0.3) is 0 Å². The van der Waals surface area contributed by atoms with Gasteiger partial charge in [0.1, 0.15) is 5.82 Å². The van der Waals surface area contributed by atoms with Gasteiger partial charge in [-0.1, -0.05) is 18.2 Å². The highest BCUT2D eigenvalue weighted by Gasteiger charge is 2.40. The van der Waals surface area contributed by atoms with Gasteiger partial charge in [-0.05, 0) is 44.7 Å². The van der Waals surface area contributed by atoms with Gasteiger partial charge in [-0.15, -0.1) is 24.0 Å². The molecular formula is C19H30FIN4. The van der Waals surface area contributed by atoms with E-state index in [4.69, 9.17) is 0 Å². The van der Waals surface area contributed by atoms with Crippen LogP contribution in [-0.2, 0) is 0 Å². The van der Waals surface area contributed by atoms with Crippen molar-refractivity contribution in [2.24, 2.45) is 4.99 Å². The zero-order valence-electron chi connectivity index (χ0n) is 15.3. The molecule has 0 aromatic heterocycles. The first-order valence-electron chi connectivity index (χ1n) is 9.06. The minimum absolute atomic E-state index is 0. The average Bonchev–Trinajstić information content (AvgIpc) is 3.34. The molecule has 140 valence electrons. The summed E-state index contributed by atoms with van der Waals surface area (Å²) in [5, 5.41) is 7.00. The summed E-state index contributed by atoms with van der Waals surface area (Å²) in [5.74, 6) is 1.00. The lowest BCUT2D eigenvalue weighted by molar-refractivity contribution is 0.167. The number of aliphatic imine (C=N–C) groups is 1. The highest BCUT2D eigenvalue weighted by atomic mass is 127. The van der Waals surface area contributed by atoms with E-state index in [1.54, 1.807) is 19.2 Å². The van der Waals surface area contributed by atoms with Gasteiger partial charge in [0, 0.05) is 44.2 Å². The first kappa shape index (κ1) is 20.4. The van der Waals surface area contributed by atoms with Gasteiger partial charge in [0.2, 0.25) is 0 Å². The van der Waals surface area contributed by atoms with Crippen LogP contribution in [0, 0.1) is 5.82 Å². The van der Waals surface area contributed by atoms with Gasteiger partial charge in [0.05, 0.1) is 0 Å². The van der Waals surface area contributed by atoms with Gasteiger partial charge in [-0.25, -0.2) is 4.39 Å². The molecule has 1 aliphatic carbocycles.